The lowest BCUT2D eigenvalue weighted by molar-refractivity contribution is 0.391. The molecule has 0 unspecified atom stereocenters. The Morgan fingerprint density at radius 3 is 2.29 bits per heavy atom. The SMILES string of the molecule is [CH2]CN1CC=CC1. The van der Waals surface area contributed by atoms with Gasteiger partial charge in [-0.15, -0.1) is 0 Å². The summed E-state index contributed by atoms with van der Waals surface area (Å²) >= 11 is 0. The molecule has 1 heteroatoms. The second kappa shape index (κ2) is 2.12. The summed E-state index contributed by atoms with van der Waals surface area (Å²) in [5.74, 6) is 0. The van der Waals surface area contributed by atoms with Crippen LogP contribution in [-0.2, 0) is 0 Å². The first-order valence-corrected chi connectivity index (χ1v) is 2.60. The van der Waals surface area contributed by atoms with E-state index < -0.39 is 0 Å². The fraction of sp³-hybridized carbons (Fsp3) is 0.500. The zero-order valence-electron chi connectivity index (χ0n) is 4.43. The predicted molar refractivity (Wildman–Crippen MR) is 30.9 cm³/mol. The van der Waals surface area contributed by atoms with Crippen LogP contribution >= 0.6 is 0 Å². The Morgan fingerprint density at radius 2 is 2.00 bits per heavy atom. The molecule has 1 radical (unpaired) electrons. The van der Waals surface area contributed by atoms with E-state index in [-0.39, 0.29) is 0 Å². The lowest BCUT2D eigenvalue weighted by Gasteiger charge is -2.08. The fourth-order valence-corrected chi connectivity index (χ4v) is 0.704. The van der Waals surface area contributed by atoms with Gasteiger partial charge < -0.3 is 0 Å². The standard InChI is InChI=1S/C6H10N/c1-2-7-5-3-4-6-7/h3-4H,1-2,5-6H2. The van der Waals surface area contributed by atoms with Gasteiger partial charge in [0, 0.05) is 13.1 Å². The molecule has 0 aromatic heterocycles. The molecule has 0 N–H and O–H groups in total. The van der Waals surface area contributed by atoms with Gasteiger partial charge in [0.2, 0.25) is 0 Å². The van der Waals surface area contributed by atoms with E-state index in [1.54, 1.807) is 0 Å². The van der Waals surface area contributed by atoms with Gasteiger partial charge in [-0.25, -0.2) is 0 Å². The van der Waals surface area contributed by atoms with Crippen molar-refractivity contribution in [3.63, 3.8) is 0 Å². The van der Waals surface area contributed by atoms with Gasteiger partial charge in [-0.2, -0.15) is 0 Å². The molecule has 0 bridgehead atoms. The smallest absolute Gasteiger partial charge is 0.0166 e. The largest absolute Gasteiger partial charge is 0.296 e. The van der Waals surface area contributed by atoms with Gasteiger partial charge in [-0.05, 0) is 13.5 Å². The van der Waals surface area contributed by atoms with Gasteiger partial charge in [0.25, 0.3) is 0 Å². The highest BCUT2D eigenvalue weighted by Crippen LogP contribution is 1.95. The monoisotopic (exact) mass is 96.1 g/mol. The first-order valence-electron chi connectivity index (χ1n) is 2.60. The van der Waals surface area contributed by atoms with Gasteiger partial charge in [-0.3, -0.25) is 4.90 Å². The summed E-state index contributed by atoms with van der Waals surface area (Å²) < 4.78 is 0. The Bertz CT molecular complexity index is 68.2. The van der Waals surface area contributed by atoms with E-state index in [1.165, 1.54) is 0 Å². The Balaban J connectivity index is 2.22. The highest BCUT2D eigenvalue weighted by Gasteiger charge is 1.99. The lowest BCUT2D eigenvalue weighted by atomic mass is 10.6. The molecule has 1 aliphatic heterocycles. The molecule has 0 fully saturated rings. The molecule has 1 heterocycles. The number of nitrogens with zero attached hydrogens (tertiary/aromatic N) is 1. The zero-order chi connectivity index (χ0) is 5.11. The van der Waals surface area contributed by atoms with Gasteiger partial charge in [0.15, 0.2) is 0 Å². The van der Waals surface area contributed by atoms with E-state index in [4.69, 9.17) is 0 Å². The summed E-state index contributed by atoms with van der Waals surface area (Å²) in [5.41, 5.74) is 0. The zero-order valence-corrected chi connectivity index (χ0v) is 4.43. The average molecular weight is 96.2 g/mol. The van der Waals surface area contributed by atoms with E-state index in [1.807, 2.05) is 0 Å². The summed E-state index contributed by atoms with van der Waals surface area (Å²) in [6, 6.07) is 0. The highest BCUT2D eigenvalue weighted by molar-refractivity contribution is 4.95. The molecule has 39 valence electrons. The molecule has 0 saturated carbocycles. The van der Waals surface area contributed by atoms with Crippen LogP contribution in [0.25, 0.3) is 0 Å². The molecule has 0 aromatic rings. The third-order valence-electron chi connectivity index (χ3n) is 1.21. The highest BCUT2D eigenvalue weighted by atomic mass is 15.1. The Labute approximate surface area is 44.6 Å². The third-order valence-corrected chi connectivity index (χ3v) is 1.21. The molecule has 0 spiro atoms. The average Bonchev–Trinajstić information content (AvgIpc) is 2.14. The van der Waals surface area contributed by atoms with Gasteiger partial charge >= 0.3 is 0 Å². The van der Waals surface area contributed by atoms with Crippen molar-refractivity contribution in [1.29, 1.82) is 0 Å². The van der Waals surface area contributed by atoms with E-state index in [9.17, 15) is 0 Å². The molecular weight excluding hydrogens is 86.1 g/mol. The van der Waals surface area contributed by atoms with Gasteiger partial charge in [0.05, 0.1) is 0 Å². The normalized spacial score (nSPS) is 21.3. The van der Waals surface area contributed by atoms with Crippen LogP contribution in [0, 0.1) is 6.92 Å². The van der Waals surface area contributed by atoms with E-state index in [2.05, 4.69) is 24.0 Å². The van der Waals surface area contributed by atoms with Crippen LogP contribution in [0.1, 0.15) is 0 Å². The molecule has 0 aliphatic carbocycles. The van der Waals surface area contributed by atoms with Crippen molar-refractivity contribution < 1.29 is 0 Å². The van der Waals surface area contributed by atoms with Gasteiger partial charge in [0.1, 0.15) is 0 Å². The quantitative estimate of drug-likeness (QED) is 0.434. The van der Waals surface area contributed by atoms with Crippen LogP contribution in [0.3, 0.4) is 0 Å². The van der Waals surface area contributed by atoms with Crippen molar-refractivity contribution >= 4 is 0 Å². The van der Waals surface area contributed by atoms with Crippen LogP contribution in [0.5, 0.6) is 0 Å². The molecule has 1 aliphatic rings. The second-order valence-electron chi connectivity index (χ2n) is 1.73. The van der Waals surface area contributed by atoms with E-state index >= 15 is 0 Å². The number of rotatable bonds is 1. The minimum absolute atomic E-state index is 0.938. The van der Waals surface area contributed by atoms with Crippen molar-refractivity contribution in [1.82, 2.24) is 4.90 Å². The molecule has 1 rings (SSSR count). The molecule has 0 aromatic carbocycles. The van der Waals surface area contributed by atoms with Crippen molar-refractivity contribution in [2.75, 3.05) is 19.6 Å². The third kappa shape index (κ3) is 1.03. The molecule has 0 amide bonds. The topological polar surface area (TPSA) is 3.24 Å². The minimum Gasteiger partial charge on any atom is -0.296 e. The lowest BCUT2D eigenvalue weighted by Crippen LogP contribution is -2.18. The van der Waals surface area contributed by atoms with Crippen molar-refractivity contribution in [2.24, 2.45) is 0 Å². The summed E-state index contributed by atoms with van der Waals surface area (Å²) in [4.78, 5) is 2.26. The minimum atomic E-state index is 0.938. The molecule has 7 heavy (non-hydrogen) atoms. The van der Waals surface area contributed by atoms with E-state index in [0.717, 1.165) is 19.6 Å². The van der Waals surface area contributed by atoms with Crippen LogP contribution in [0.2, 0.25) is 0 Å². The summed E-state index contributed by atoms with van der Waals surface area (Å²) in [6.07, 6.45) is 4.34. The van der Waals surface area contributed by atoms with Crippen LogP contribution in [0.15, 0.2) is 12.2 Å². The Morgan fingerprint density at radius 1 is 1.43 bits per heavy atom. The second-order valence-corrected chi connectivity index (χ2v) is 1.73. The van der Waals surface area contributed by atoms with E-state index in [0.29, 0.717) is 0 Å². The Kier molecular flexibility index (Phi) is 1.47. The maximum atomic E-state index is 3.75. The molecular formula is C6H10N. The van der Waals surface area contributed by atoms with Crippen molar-refractivity contribution in [3.05, 3.63) is 19.1 Å². The maximum absolute atomic E-state index is 3.75. The summed E-state index contributed by atoms with van der Waals surface area (Å²) in [7, 11) is 0. The summed E-state index contributed by atoms with van der Waals surface area (Å²) in [6.45, 7) is 6.89. The maximum Gasteiger partial charge on any atom is 0.0166 e. The van der Waals surface area contributed by atoms with Crippen LogP contribution in [-0.4, -0.2) is 24.5 Å². The first-order chi connectivity index (χ1) is 3.43. The van der Waals surface area contributed by atoms with Gasteiger partial charge in [-0.1, -0.05) is 12.2 Å². The van der Waals surface area contributed by atoms with Crippen LogP contribution < -0.4 is 0 Å². The Hall–Kier alpha value is -0.300. The number of hydrogen-bond acceptors (Lipinski definition) is 1. The van der Waals surface area contributed by atoms with Crippen molar-refractivity contribution in [2.45, 2.75) is 0 Å². The summed E-state index contributed by atoms with van der Waals surface area (Å²) in [5, 5.41) is 0. The molecule has 0 atom stereocenters. The van der Waals surface area contributed by atoms with Crippen molar-refractivity contribution in [3.8, 4) is 0 Å². The molecule has 1 nitrogen and oxygen atoms in total. The first kappa shape index (κ1) is 4.85. The predicted octanol–water partition coefficient (Wildman–Crippen LogP) is 0.692. The van der Waals surface area contributed by atoms with Crippen LogP contribution in [0.4, 0.5) is 0 Å². The molecule has 0 saturated heterocycles. The fourth-order valence-electron chi connectivity index (χ4n) is 0.704. The number of hydrogen-bond donors (Lipinski definition) is 0.